The average Bonchev–Trinajstić information content (AvgIpc) is 2.91. The summed E-state index contributed by atoms with van der Waals surface area (Å²) in [6, 6.07) is 7.34. The zero-order valence-electron chi connectivity index (χ0n) is 12.9. The predicted octanol–water partition coefficient (Wildman–Crippen LogP) is 2.48. The molecule has 1 heterocycles. The van der Waals surface area contributed by atoms with Gasteiger partial charge in [0.2, 0.25) is 0 Å². The highest BCUT2D eigenvalue weighted by Crippen LogP contribution is 2.08. The van der Waals surface area contributed by atoms with Gasteiger partial charge in [-0.05, 0) is 12.5 Å². The molecular weight excluding hydrogens is 280 g/mol. The third-order valence-electron chi connectivity index (χ3n) is 3.34. The van der Waals surface area contributed by atoms with E-state index < -0.39 is 0 Å². The first-order valence-corrected chi connectivity index (χ1v) is 7.27. The van der Waals surface area contributed by atoms with Crippen molar-refractivity contribution in [3.05, 3.63) is 53.3 Å². The fourth-order valence-electron chi connectivity index (χ4n) is 2.06. The minimum Gasteiger partial charge on any atom is -0.465 e. The summed E-state index contributed by atoms with van der Waals surface area (Å²) in [7, 11) is 1.84. The highest BCUT2D eigenvalue weighted by molar-refractivity contribution is 5.97. The SMILES string of the molecule is Cc1ccc(C(=O)CCC(=O)OCCc2cnn(C)c2)cc1. The van der Waals surface area contributed by atoms with Crippen molar-refractivity contribution in [3.63, 3.8) is 0 Å². The van der Waals surface area contributed by atoms with Gasteiger partial charge in [-0.3, -0.25) is 14.3 Å². The Balaban J connectivity index is 1.68. The molecule has 5 heteroatoms. The molecule has 0 atom stereocenters. The zero-order valence-corrected chi connectivity index (χ0v) is 12.9. The van der Waals surface area contributed by atoms with Crippen LogP contribution in [0.2, 0.25) is 0 Å². The summed E-state index contributed by atoms with van der Waals surface area (Å²) in [5.41, 5.74) is 2.76. The third-order valence-corrected chi connectivity index (χ3v) is 3.34. The number of Topliss-reactive ketones (excluding diaryl/α,β-unsaturated/α-hetero) is 1. The Kier molecular flexibility index (Phi) is 5.47. The van der Waals surface area contributed by atoms with E-state index in [4.69, 9.17) is 4.74 Å². The Bertz CT molecular complexity index is 644. The molecule has 5 nitrogen and oxygen atoms in total. The Morgan fingerprint density at radius 2 is 1.91 bits per heavy atom. The molecule has 0 saturated heterocycles. The van der Waals surface area contributed by atoms with Crippen molar-refractivity contribution in [2.75, 3.05) is 6.61 Å². The average molecular weight is 300 g/mol. The molecule has 116 valence electrons. The molecule has 2 aromatic rings. The monoisotopic (exact) mass is 300 g/mol. The molecule has 2 rings (SSSR count). The number of rotatable bonds is 7. The van der Waals surface area contributed by atoms with E-state index in [0.717, 1.165) is 11.1 Å². The first kappa shape index (κ1) is 15.9. The molecule has 0 aliphatic rings. The van der Waals surface area contributed by atoms with Crippen molar-refractivity contribution in [2.45, 2.75) is 26.2 Å². The highest BCUT2D eigenvalue weighted by atomic mass is 16.5. The normalized spacial score (nSPS) is 10.5. The molecule has 0 spiro atoms. The smallest absolute Gasteiger partial charge is 0.306 e. The number of ether oxygens (including phenoxy) is 1. The van der Waals surface area contributed by atoms with Crippen molar-refractivity contribution < 1.29 is 14.3 Å². The number of carbonyl (C=O) groups excluding carboxylic acids is 2. The maximum atomic E-state index is 11.9. The van der Waals surface area contributed by atoms with Crippen LogP contribution in [0.25, 0.3) is 0 Å². The number of aryl methyl sites for hydroxylation is 2. The van der Waals surface area contributed by atoms with Gasteiger partial charge in [-0.15, -0.1) is 0 Å². The minimum absolute atomic E-state index is 0.0378. The van der Waals surface area contributed by atoms with Crippen LogP contribution in [0.3, 0.4) is 0 Å². The van der Waals surface area contributed by atoms with E-state index in [1.807, 2.05) is 32.3 Å². The number of hydrogen-bond acceptors (Lipinski definition) is 4. The van der Waals surface area contributed by atoms with Gasteiger partial charge in [0.05, 0.1) is 19.2 Å². The van der Waals surface area contributed by atoms with Gasteiger partial charge in [-0.25, -0.2) is 0 Å². The largest absolute Gasteiger partial charge is 0.465 e. The Morgan fingerprint density at radius 1 is 1.18 bits per heavy atom. The summed E-state index contributed by atoms with van der Waals surface area (Å²) in [5, 5.41) is 4.05. The van der Waals surface area contributed by atoms with Crippen LogP contribution < -0.4 is 0 Å². The second-order valence-electron chi connectivity index (χ2n) is 5.28. The molecule has 0 saturated carbocycles. The van der Waals surface area contributed by atoms with Crippen LogP contribution in [0.4, 0.5) is 0 Å². The minimum atomic E-state index is -0.343. The second kappa shape index (κ2) is 7.54. The quantitative estimate of drug-likeness (QED) is 0.582. The number of hydrogen-bond donors (Lipinski definition) is 0. The van der Waals surface area contributed by atoms with E-state index in [2.05, 4.69) is 5.10 Å². The first-order valence-electron chi connectivity index (χ1n) is 7.27. The van der Waals surface area contributed by atoms with Crippen molar-refractivity contribution in [1.82, 2.24) is 9.78 Å². The molecule has 0 aliphatic heterocycles. The molecule has 0 radical (unpaired) electrons. The lowest BCUT2D eigenvalue weighted by molar-refractivity contribution is -0.143. The number of nitrogens with zero attached hydrogens (tertiary/aromatic N) is 2. The maximum absolute atomic E-state index is 11.9. The number of benzene rings is 1. The van der Waals surface area contributed by atoms with Gasteiger partial charge in [0.25, 0.3) is 0 Å². The van der Waals surface area contributed by atoms with Crippen LogP contribution >= 0.6 is 0 Å². The first-order chi connectivity index (χ1) is 10.5. The number of aromatic nitrogens is 2. The number of esters is 1. The van der Waals surface area contributed by atoms with E-state index in [9.17, 15) is 9.59 Å². The van der Waals surface area contributed by atoms with Gasteiger partial charge in [0.15, 0.2) is 5.78 Å². The van der Waals surface area contributed by atoms with Crippen LogP contribution in [0.5, 0.6) is 0 Å². The summed E-state index contributed by atoms with van der Waals surface area (Å²) in [5.74, 6) is -0.381. The lowest BCUT2D eigenvalue weighted by atomic mass is 10.1. The van der Waals surface area contributed by atoms with E-state index in [0.29, 0.717) is 18.6 Å². The van der Waals surface area contributed by atoms with Crippen LogP contribution in [0.1, 0.15) is 34.3 Å². The molecule has 0 amide bonds. The molecule has 1 aromatic heterocycles. The fraction of sp³-hybridized carbons (Fsp3) is 0.353. The Labute approximate surface area is 129 Å². The molecule has 0 bridgehead atoms. The van der Waals surface area contributed by atoms with Crippen molar-refractivity contribution in [3.8, 4) is 0 Å². The number of carbonyl (C=O) groups is 2. The third kappa shape index (κ3) is 4.84. The molecule has 0 N–H and O–H groups in total. The molecule has 0 fully saturated rings. The Hall–Kier alpha value is -2.43. The number of ketones is 1. The summed E-state index contributed by atoms with van der Waals surface area (Å²) in [6.45, 7) is 2.27. The highest BCUT2D eigenvalue weighted by Gasteiger charge is 2.10. The van der Waals surface area contributed by atoms with Crippen LogP contribution in [-0.2, 0) is 23.0 Å². The van der Waals surface area contributed by atoms with E-state index in [1.54, 1.807) is 23.0 Å². The molecule has 22 heavy (non-hydrogen) atoms. The van der Waals surface area contributed by atoms with E-state index >= 15 is 0 Å². The lowest BCUT2D eigenvalue weighted by Crippen LogP contribution is -2.10. The van der Waals surface area contributed by atoms with Crippen LogP contribution in [0.15, 0.2) is 36.7 Å². The predicted molar refractivity (Wildman–Crippen MR) is 82.6 cm³/mol. The second-order valence-corrected chi connectivity index (χ2v) is 5.28. The van der Waals surface area contributed by atoms with Gasteiger partial charge >= 0.3 is 5.97 Å². The van der Waals surface area contributed by atoms with Gasteiger partial charge in [0, 0.05) is 31.6 Å². The van der Waals surface area contributed by atoms with Crippen molar-refractivity contribution in [2.24, 2.45) is 7.05 Å². The van der Waals surface area contributed by atoms with Gasteiger partial charge in [0.1, 0.15) is 0 Å². The zero-order chi connectivity index (χ0) is 15.9. The summed E-state index contributed by atoms with van der Waals surface area (Å²) in [4.78, 5) is 23.6. The van der Waals surface area contributed by atoms with Crippen molar-refractivity contribution >= 4 is 11.8 Å². The molecule has 1 aromatic carbocycles. The fourth-order valence-corrected chi connectivity index (χ4v) is 2.06. The van der Waals surface area contributed by atoms with Gasteiger partial charge < -0.3 is 4.74 Å². The van der Waals surface area contributed by atoms with E-state index in [-0.39, 0.29) is 24.6 Å². The van der Waals surface area contributed by atoms with Crippen LogP contribution in [0, 0.1) is 6.92 Å². The molecule has 0 aliphatic carbocycles. The van der Waals surface area contributed by atoms with Gasteiger partial charge in [-0.1, -0.05) is 29.8 Å². The molecule has 0 unspecified atom stereocenters. The maximum Gasteiger partial charge on any atom is 0.306 e. The standard InChI is InChI=1S/C17H20N2O3/c1-13-3-5-15(6-4-13)16(20)7-8-17(21)22-10-9-14-11-18-19(2)12-14/h3-6,11-12H,7-10H2,1-2H3. The summed E-state index contributed by atoms with van der Waals surface area (Å²) in [6.07, 6.45) is 4.55. The van der Waals surface area contributed by atoms with Crippen molar-refractivity contribution in [1.29, 1.82) is 0 Å². The summed E-state index contributed by atoms with van der Waals surface area (Å²) < 4.78 is 6.84. The topological polar surface area (TPSA) is 61.2 Å². The van der Waals surface area contributed by atoms with Gasteiger partial charge in [-0.2, -0.15) is 5.10 Å². The van der Waals surface area contributed by atoms with Crippen LogP contribution in [-0.4, -0.2) is 28.1 Å². The Morgan fingerprint density at radius 3 is 2.55 bits per heavy atom. The molecular formula is C17H20N2O3. The van der Waals surface area contributed by atoms with E-state index in [1.165, 1.54) is 0 Å². The lowest BCUT2D eigenvalue weighted by Gasteiger charge is -2.04. The summed E-state index contributed by atoms with van der Waals surface area (Å²) >= 11 is 0.